The van der Waals surface area contributed by atoms with Crippen molar-refractivity contribution in [1.82, 2.24) is 0 Å². The van der Waals surface area contributed by atoms with Crippen LogP contribution in [0.15, 0.2) is 47.4 Å². The van der Waals surface area contributed by atoms with Crippen molar-refractivity contribution >= 4 is 56.1 Å². The Bertz CT molecular complexity index is 790. The van der Waals surface area contributed by atoms with E-state index >= 15 is 0 Å². The van der Waals surface area contributed by atoms with E-state index in [1.165, 1.54) is 36.4 Å². The normalized spacial score (nSPS) is 11.1. The quantitative estimate of drug-likeness (QED) is 0.819. The van der Waals surface area contributed by atoms with Crippen LogP contribution in [0.1, 0.15) is 5.56 Å². The topological polar surface area (TPSA) is 72.2 Å². The molecule has 21 heavy (non-hydrogen) atoms. The Balaban J connectivity index is 2.34. The number of thiocarbonyl (C=S) groups is 1. The van der Waals surface area contributed by atoms with Gasteiger partial charge in [0.05, 0.1) is 15.6 Å². The van der Waals surface area contributed by atoms with Gasteiger partial charge in [0.1, 0.15) is 4.99 Å². The molecule has 0 aromatic heterocycles. The maximum Gasteiger partial charge on any atom is 0.261 e. The minimum absolute atomic E-state index is 0.0681. The van der Waals surface area contributed by atoms with Gasteiger partial charge in [0.2, 0.25) is 0 Å². The van der Waals surface area contributed by atoms with Gasteiger partial charge in [-0.2, -0.15) is 0 Å². The molecule has 0 radical (unpaired) electrons. The Hall–Kier alpha value is -1.34. The maximum atomic E-state index is 12.3. The van der Waals surface area contributed by atoms with E-state index in [0.717, 1.165) is 0 Å². The summed E-state index contributed by atoms with van der Waals surface area (Å²) in [6.45, 7) is 0. The molecule has 110 valence electrons. The second-order valence-corrected chi connectivity index (χ2v) is 7.08. The van der Waals surface area contributed by atoms with Crippen LogP contribution in [0.25, 0.3) is 0 Å². The molecule has 0 unspecified atom stereocenters. The van der Waals surface area contributed by atoms with E-state index in [9.17, 15) is 8.42 Å². The van der Waals surface area contributed by atoms with Crippen molar-refractivity contribution in [2.45, 2.75) is 4.90 Å². The van der Waals surface area contributed by atoms with Crippen LogP contribution in [0.2, 0.25) is 10.0 Å². The van der Waals surface area contributed by atoms with Crippen LogP contribution in [0.3, 0.4) is 0 Å². The van der Waals surface area contributed by atoms with Gasteiger partial charge in [-0.1, -0.05) is 47.6 Å². The summed E-state index contributed by atoms with van der Waals surface area (Å²) in [5, 5.41) is 0.628. The molecular weight excluding hydrogens is 351 g/mol. The van der Waals surface area contributed by atoms with E-state index in [-0.39, 0.29) is 20.6 Å². The minimum Gasteiger partial charge on any atom is -0.389 e. The lowest BCUT2D eigenvalue weighted by molar-refractivity contribution is 0.601. The Morgan fingerprint density at radius 3 is 2.29 bits per heavy atom. The third-order valence-corrected chi connectivity index (χ3v) is 4.80. The highest BCUT2D eigenvalue weighted by molar-refractivity contribution is 7.92. The molecule has 0 spiro atoms. The number of hydrogen-bond donors (Lipinski definition) is 2. The molecule has 0 aliphatic heterocycles. The van der Waals surface area contributed by atoms with E-state index in [0.29, 0.717) is 10.6 Å². The Morgan fingerprint density at radius 1 is 1.10 bits per heavy atom. The molecule has 0 heterocycles. The average molecular weight is 361 g/mol. The van der Waals surface area contributed by atoms with Gasteiger partial charge in [-0.25, -0.2) is 8.42 Å². The molecule has 0 atom stereocenters. The zero-order valence-electron chi connectivity index (χ0n) is 10.5. The van der Waals surface area contributed by atoms with Crippen LogP contribution in [0, 0.1) is 0 Å². The van der Waals surface area contributed by atoms with Crippen molar-refractivity contribution in [2.75, 3.05) is 4.72 Å². The Labute approximate surface area is 137 Å². The summed E-state index contributed by atoms with van der Waals surface area (Å²) in [5.41, 5.74) is 6.27. The summed E-state index contributed by atoms with van der Waals surface area (Å²) in [6, 6.07) is 10.4. The molecule has 2 aromatic carbocycles. The fraction of sp³-hybridized carbons (Fsp3) is 0. The van der Waals surface area contributed by atoms with Gasteiger partial charge < -0.3 is 5.73 Å². The first kappa shape index (κ1) is 16.0. The molecule has 2 aromatic rings. The summed E-state index contributed by atoms with van der Waals surface area (Å²) in [7, 11) is -3.77. The minimum atomic E-state index is -3.77. The highest BCUT2D eigenvalue weighted by Gasteiger charge is 2.16. The molecule has 0 amide bonds. The first-order valence-corrected chi connectivity index (χ1v) is 8.32. The van der Waals surface area contributed by atoms with Crippen molar-refractivity contribution < 1.29 is 8.42 Å². The van der Waals surface area contributed by atoms with Crippen LogP contribution >= 0.6 is 35.4 Å². The molecule has 0 bridgehead atoms. The van der Waals surface area contributed by atoms with Crippen LogP contribution in [-0.4, -0.2) is 13.4 Å². The molecule has 0 aliphatic carbocycles. The van der Waals surface area contributed by atoms with E-state index in [2.05, 4.69) is 4.72 Å². The van der Waals surface area contributed by atoms with Gasteiger partial charge in [-0.05, 0) is 30.3 Å². The molecule has 2 rings (SSSR count). The predicted molar refractivity (Wildman–Crippen MR) is 89.6 cm³/mol. The van der Waals surface area contributed by atoms with E-state index in [4.69, 9.17) is 41.2 Å². The van der Waals surface area contributed by atoms with Crippen molar-refractivity contribution in [3.8, 4) is 0 Å². The summed E-state index contributed by atoms with van der Waals surface area (Å²) in [5.74, 6) is 0. The second kappa shape index (κ2) is 6.19. The van der Waals surface area contributed by atoms with Crippen molar-refractivity contribution in [3.05, 3.63) is 58.1 Å². The van der Waals surface area contributed by atoms with Gasteiger partial charge in [0.15, 0.2) is 0 Å². The molecule has 8 heteroatoms. The van der Waals surface area contributed by atoms with Gasteiger partial charge in [0.25, 0.3) is 10.0 Å². The van der Waals surface area contributed by atoms with Crippen molar-refractivity contribution in [1.29, 1.82) is 0 Å². The Kier molecular flexibility index (Phi) is 4.73. The second-order valence-electron chi connectivity index (χ2n) is 4.12. The van der Waals surface area contributed by atoms with Crippen molar-refractivity contribution in [3.63, 3.8) is 0 Å². The third kappa shape index (κ3) is 3.85. The van der Waals surface area contributed by atoms with Crippen LogP contribution in [-0.2, 0) is 10.0 Å². The number of anilines is 1. The third-order valence-electron chi connectivity index (χ3n) is 2.62. The average Bonchev–Trinajstić information content (AvgIpc) is 2.43. The van der Waals surface area contributed by atoms with E-state index in [1.807, 2.05) is 0 Å². The first-order chi connectivity index (χ1) is 9.79. The number of hydrogen-bond acceptors (Lipinski definition) is 3. The molecule has 3 N–H and O–H groups in total. The van der Waals surface area contributed by atoms with Gasteiger partial charge in [0, 0.05) is 10.6 Å². The molecule has 0 saturated carbocycles. The molecule has 4 nitrogen and oxygen atoms in total. The zero-order chi connectivity index (χ0) is 15.6. The Morgan fingerprint density at radius 2 is 1.71 bits per heavy atom. The number of sulfonamides is 1. The van der Waals surface area contributed by atoms with Gasteiger partial charge in [-0.3, -0.25) is 4.72 Å². The lowest BCUT2D eigenvalue weighted by Crippen LogP contribution is -2.14. The SMILES string of the molecule is NC(=S)c1ccc(S(=O)(=O)Nc2cc(Cl)ccc2Cl)cc1. The highest BCUT2D eigenvalue weighted by Crippen LogP contribution is 2.27. The molecular formula is C13H10Cl2N2O2S2. The monoisotopic (exact) mass is 360 g/mol. The number of halogens is 2. The zero-order valence-corrected chi connectivity index (χ0v) is 13.7. The fourth-order valence-electron chi connectivity index (χ4n) is 1.58. The van der Waals surface area contributed by atoms with Crippen LogP contribution < -0.4 is 10.5 Å². The number of nitrogens with two attached hydrogens (primary N) is 1. The standard InChI is InChI=1S/C13H10Cl2N2O2S2/c14-9-3-6-11(15)12(7-9)17-21(18,19)10-4-1-8(2-5-10)13(16)20/h1-7,17H,(H2,16,20). The van der Waals surface area contributed by atoms with Crippen LogP contribution in [0.4, 0.5) is 5.69 Å². The van der Waals surface area contributed by atoms with Crippen LogP contribution in [0.5, 0.6) is 0 Å². The molecule has 0 fully saturated rings. The lowest BCUT2D eigenvalue weighted by atomic mass is 10.2. The van der Waals surface area contributed by atoms with E-state index in [1.54, 1.807) is 6.07 Å². The maximum absolute atomic E-state index is 12.3. The molecule has 0 aliphatic rings. The number of benzene rings is 2. The van der Waals surface area contributed by atoms with Crippen molar-refractivity contribution in [2.24, 2.45) is 5.73 Å². The summed E-state index contributed by atoms with van der Waals surface area (Å²) < 4.78 is 26.9. The predicted octanol–water partition coefficient (Wildman–Crippen LogP) is 3.43. The fourth-order valence-corrected chi connectivity index (χ4v) is 3.18. The lowest BCUT2D eigenvalue weighted by Gasteiger charge is -2.10. The summed E-state index contributed by atoms with van der Waals surface area (Å²) >= 11 is 16.6. The highest BCUT2D eigenvalue weighted by atomic mass is 35.5. The molecule has 0 saturated heterocycles. The van der Waals surface area contributed by atoms with Gasteiger partial charge >= 0.3 is 0 Å². The largest absolute Gasteiger partial charge is 0.389 e. The van der Waals surface area contributed by atoms with E-state index < -0.39 is 10.0 Å². The number of nitrogens with one attached hydrogen (secondary N) is 1. The van der Waals surface area contributed by atoms with Gasteiger partial charge in [-0.15, -0.1) is 0 Å². The summed E-state index contributed by atoms with van der Waals surface area (Å²) in [4.78, 5) is 0.267. The smallest absolute Gasteiger partial charge is 0.261 e. The summed E-state index contributed by atoms with van der Waals surface area (Å²) in [6.07, 6.45) is 0. The number of rotatable bonds is 4. The first-order valence-electron chi connectivity index (χ1n) is 5.67.